The number of nitrogens with zero attached hydrogens (tertiary/aromatic N) is 3. The zero-order valence-corrected chi connectivity index (χ0v) is 13.3. The third-order valence-electron chi connectivity index (χ3n) is 4.55. The van der Waals surface area contributed by atoms with Crippen LogP contribution in [0.5, 0.6) is 0 Å². The summed E-state index contributed by atoms with van der Waals surface area (Å²) in [5, 5.41) is 16.1. The third kappa shape index (κ3) is 2.10. The van der Waals surface area contributed by atoms with Gasteiger partial charge in [-0.1, -0.05) is 0 Å². The molecule has 1 aromatic carbocycles. The summed E-state index contributed by atoms with van der Waals surface area (Å²) in [5.41, 5.74) is 0.429. The van der Waals surface area contributed by atoms with E-state index in [0.29, 0.717) is 11.0 Å². The average Bonchev–Trinajstić information content (AvgIpc) is 2.84. The van der Waals surface area contributed by atoms with Crippen LogP contribution in [0, 0.1) is 10.1 Å². The van der Waals surface area contributed by atoms with E-state index in [4.69, 9.17) is 9.31 Å². The predicted molar refractivity (Wildman–Crippen MR) is 83.1 cm³/mol. The Morgan fingerprint density at radius 3 is 2.36 bits per heavy atom. The van der Waals surface area contributed by atoms with Gasteiger partial charge in [-0.05, 0) is 33.8 Å². The number of non-ortho nitro benzene ring substituents is 1. The smallest absolute Gasteiger partial charge is 0.398 e. The molecule has 7 nitrogen and oxygen atoms in total. The van der Waals surface area contributed by atoms with Crippen LogP contribution in [0.3, 0.4) is 0 Å². The first kappa shape index (κ1) is 15.0. The van der Waals surface area contributed by atoms with Crippen molar-refractivity contribution in [1.82, 2.24) is 9.78 Å². The molecule has 0 N–H and O–H groups in total. The van der Waals surface area contributed by atoms with Gasteiger partial charge in [0.1, 0.15) is 5.59 Å². The minimum absolute atomic E-state index is 0.0262. The van der Waals surface area contributed by atoms with Gasteiger partial charge in [-0.15, -0.1) is 0 Å². The standard InChI is InChI=1S/C14H18BN3O4/c1-13(2)14(3,4)22-15(21-13)12-10-8-9(18(19)20)6-7-11(10)17(5)16-12/h6-8H,1-5H3. The van der Waals surface area contributed by atoms with Crippen molar-refractivity contribution in [2.75, 3.05) is 0 Å². The quantitative estimate of drug-likeness (QED) is 0.480. The first-order valence-electron chi connectivity index (χ1n) is 7.09. The molecule has 0 bridgehead atoms. The number of nitro benzene ring substituents is 1. The van der Waals surface area contributed by atoms with E-state index in [0.717, 1.165) is 5.52 Å². The lowest BCUT2D eigenvalue weighted by atomic mass is 9.82. The van der Waals surface area contributed by atoms with Crippen molar-refractivity contribution in [2.24, 2.45) is 7.05 Å². The van der Waals surface area contributed by atoms with Gasteiger partial charge in [-0.25, -0.2) is 0 Å². The Kier molecular flexibility index (Phi) is 3.09. The maximum absolute atomic E-state index is 11.0. The van der Waals surface area contributed by atoms with E-state index in [9.17, 15) is 10.1 Å². The molecule has 0 aliphatic carbocycles. The summed E-state index contributed by atoms with van der Waals surface area (Å²) in [6.07, 6.45) is 0. The summed E-state index contributed by atoms with van der Waals surface area (Å²) in [7, 11) is 1.15. The van der Waals surface area contributed by atoms with E-state index >= 15 is 0 Å². The van der Waals surface area contributed by atoms with E-state index in [2.05, 4.69) is 5.10 Å². The molecule has 0 spiro atoms. The first-order valence-corrected chi connectivity index (χ1v) is 7.09. The molecule has 1 aliphatic rings. The summed E-state index contributed by atoms with van der Waals surface area (Å²) in [6.45, 7) is 7.84. The summed E-state index contributed by atoms with van der Waals surface area (Å²) in [6, 6.07) is 4.68. The highest BCUT2D eigenvalue weighted by Gasteiger charge is 2.53. The van der Waals surface area contributed by atoms with Crippen molar-refractivity contribution in [2.45, 2.75) is 38.9 Å². The number of rotatable bonds is 2. The van der Waals surface area contributed by atoms with E-state index in [1.165, 1.54) is 12.1 Å². The number of nitro groups is 1. The fraction of sp³-hybridized carbons (Fsp3) is 0.500. The maximum Gasteiger partial charge on any atom is 0.517 e. The van der Waals surface area contributed by atoms with Crippen molar-refractivity contribution in [1.29, 1.82) is 0 Å². The first-order chi connectivity index (χ1) is 10.1. The van der Waals surface area contributed by atoms with E-state index in [1.54, 1.807) is 17.8 Å². The van der Waals surface area contributed by atoms with Crippen molar-refractivity contribution in [3.63, 3.8) is 0 Å². The molecule has 1 aromatic heterocycles. The Labute approximate surface area is 128 Å². The number of hydrogen-bond donors (Lipinski definition) is 0. The Morgan fingerprint density at radius 1 is 1.23 bits per heavy atom. The van der Waals surface area contributed by atoms with Gasteiger partial charge >= 0.3 is 7.12 Å². The maximum atomic E-state index is 11.0. The molecule has 1 fully saturated rings. The highest BCUT2D eigenvalue weighted by Crippen LogP contribution is 2.37. The van der Waals surface area contributed by atoms with Gasteiger partial charge in [-0.3, -0.25) is 14.8 Å². The fourth-order valence-corrected chi connectivity index (χ4v) is 2.52. The summed E-state index contributed by atoms with van der Waals surface area (Å²) in [4.78, 5) is 10.6. The number of hydrogen-bond acceptors (Lipinski definition) is 5. The van der Waals surface area contributed by atoms with Crippen LogP contribution in [0.1, 0.15) is 27.7 Å². The van der Waals surface area contributed by atoms with Gasteiger partial charge in [-0.2, -0.15) is 5.10 Å². The highest BCUT2D eigenvalue weighted by molar-refractivity contribution is 6.64. The largest absolute Gasteiger partial charge is 0.517 e. The molecule has 1 aliphatic heterocycles. The van der Waals surface area contributed by atoms with Gasteiger partial charge in [0.15, 0.2) is 0 Å². The van der Waals surface area contributed by atoms with Crippen LogP contribution in [0.15, 0.2) is 18.2 Å². The second-order valence-corrected chi connectivity index (χ2v) is 6.56. The molecule has 0 unspecified atom stereocenters. The van der Waals surface area contributed by atoms with Crippen LogP contribution in [0.4, 0.5) is 5.69 Å². The molecule has 116 valence electrons. The molecule has 2 aromatic rings. The van der Waals surface area contributed by atoms with Crippen LogP contribution < -0.4 is 5.59 Å². The van der Waals surface area contributed by atoms with Crippen molar-refractivity contribution >= 4 is 29.3 Å². The number of benzene rings is 1. The number of fused-ring (bicyclic) bond motifs is 1. The number of aromatic nitrogens is 2. The molecule has 1 saturated heterocycles. The molecule has 3 rings (SSSR count). The van der Waals surface area contributed by atoms with Gasteiger partial charge < -0.3 is 9.31 Å². The fourth-order valence-electron chi connectivity index (χ4n) is 2.52. The molecule has 0 saturated carbocycles. The molecule has 22 heavy (non-hydrogen) atoms. The van der Waals surface area contributed by atoms with E-state index in [1.807, 2.05) is 27.7 Å². The second kappa shape index (κ2) is 4.53. The molecule has 0 radical (unpaired) electrons. The Morgan fingerprint density at radius 2 is 1.82 bits per heavy atom. The zero-order valence-electron chi connectivity index (χ0n) is 13.3. The predicted octanol–water partition coefficient (Wildman–Crippen LogP) is 1.78. The normalized spacial score (nSPS) is 19.8. The second-order valence-electron chi connectivity index (χ2n) is 6.56. The molecule has 2 heterocycles. The van der Waals surface area contributed by atoms with Crippen LogP contribution in [-0.4, -0.2) is 33.0 Å². The van der Waals surface area contributed by atoms with Crippen LogP contribution in [0.2, 0.25) is 0 Å². The van der Waals surface area contributed by atoms with Crippen molar-refractivity contribution in [3.05, 3.63) is 28.3 Å². The minimum atomic E-state index is -0.643. The van der Waals surface area contributed by atoms with Crippen LogP contribution in [-0.2, 0) is 16.4 Å². The summed E-state index contributed by atoms with van der Waals surface area (Å²) >= 11 is 0. The van der Waals surface area contributed by atoms with Crippen molar-refractivity contribution < 1.29 is 14.2 Å². The lowest BCUT2D eigenvalue weighted by Gasteiger charge is -2.32. The molecule has 0 amide bonds. The van der Waals surface area contributed by atoms with E-state index < -0.39 is 23.2 Å². The topological polar surface area (TPSA) is 79.4 Å². The summed E-state index contributed by atoms with van der Waals surface area (Å²) < 4.78 is 13.7. The van der Waals surface area contributed by atoms with Gasteiger partial charge in [0.2, 0.25) is 0 Å². The summed E-state index contributed by atoms with van der Waals surface area (Å²) in [5.74, 6) is 0. The minimum Gasteiger partial charge on any atom is -0.398 e. The zero-order chi connectivity index (χ0) is 16.3. The SMILES string of the molecule is Cn1nc(B2OC(C)(C)C(C)(C)O2)c2cc([N+](=O)[O-])ccc21. The highest BCUT2D eigenvalue weighted by atomic mass is 16.7. The molecular weight excluding hydrogens is 285 g/mol. The van der Waals surface area contributed by atoms with Crippen LogP contribution in [0.25, 0.3) is 10.9 Å². The van der Waals surface area contributed by atoms with E-state index in [-0.39, 0.29) is 5.69 Å². The lowest BCUT2D eigenvalue weighted by Crippen LogP contribution is -2.41. The average molecular weight is 303 g/mol. The Balaban J connectivity index is 2.12. The number of aryl methyl sites for hydroxylation is 1. The third-order valence-corrected chi connectivity index (χ3v) is 4.55. The molecular formula is C14H18BN3O4. The van der Waals surface area contributed by atoms with Crippen molar-refractivity contribution in [3.8, 4) is 0 Å². The molecule has 0 atom stereocenters. The monoisotopic (exact) mass is 303 g/mol. The lowest BCUT2D eigenvalue weighted by molar-refractivity contribution is -0.384. The Bertz CT molecular complexity index is 753. The molecule has 8 heteroatoms. The van der Waals surface area contributed by atoms with Gasteiger partial charge in [0, 0.05) is 24.6 Å². The van der Waals surface area contributed by atoms with Gasteiger partial charge in [0.25, 0.3) is 5.69 Å². The Hall–Kier alpha value is -1.93. The van der Waals surface area contributed by atoms with Gasteiger partial charge in [0.05, 0.1) is 21.6 Å². The van der Waals surface area contributed by atoms with Crippen LogP contribution >= 0.6 is 0 Å².